The third-order valence-electron chi connectivity index (χ3n) is 5.80. The Morgan fingerprint density at radius 3 is 2.30 bits per heavy atom. The van der Waals surface area contributed by atoms with E-state index in [4.69, 9.17) is 14.2 Å². The predicted molar refractivity (Wildman–Crippen MR) is 98.6 cm³/mol. The van der Waals surface area contributed by atoms with E-state index in [1.54, 1.807) is 21.3 Å². The molecule has 154 valence electrons. The van der Waals surface area contributed by atoms with Crippen molar-refractivity contribution in [3.63, 3.8) is 0 Å². The van der Waals surface area contributed by atoms with Crippen molar-refractivity contribution in [1.82, 2.24) is 0 Å². The number of rotatable bonds is 3. The molecule has 7 N–H and O–H groups in total. The van der Waals surface area contributed by atoms with Gasteiger partial charge in [0.25, 0.3) is 0 Å². The van der Waals surface area contributed by atoms with Crippen molar-refractivity contribution in [2.75, 3.05) is 27.9 Å². The number of nitrogens with zero attached hydrogens (tertiary/aromatic N) is 1. The van der Waals surface area contributed by atoms with Crippen molar-refractivity contribution in [2.24, 2.45) is 0 Å². The summed E-state index contributed by atoms with van der Waals surface area (Å²) in [6.45, 7) is 0.947. The van der Waals surface area contributed by atoms with Crippen LogP contribution in [0.1, 0.15) is 23.5 Å². The molecule has 1 aromatic carbocycles. The van der Waals surface area contributed by atoms with Gasteiger partial charge in [-0.1, -0.05) is 0 Å². The zero-order valence-corrected chi connectivity index (χ0v) is 15.7. The average Bonchev–Trinajstić information content (AvgIpc) is 2.92. The molecule has 1 aromatic rings. The lowest BCUT2D eigenvalue weighted by Gasteiger charge is -2.53. The number of benzene rings is 1. The highest BCUT2D eigenvalue weighted by molar-refractivity contribution is 5.51. The molecule has 0 saturated carbocycles. The van der Waals surface area contributed by atoms with E-state index < -0.39 is 6.10 Å². The number of ether oxygens (including phenoxy) is 3. The maximum absolute atomic E-state index is 13.4. The van der Waals surface area contributed by atoms with Crippen LogP contribution < -0.4 is 9.47 Å². The minimum Gasteiger partial charge on any atom is -0.632 e. The fourth-order valence-electron chi connectivity index (χ4n) is 4.72. The molecular formula is C18H29NO8. The standard InChI is InChI=1S/C18H23NO5.3H2O/c1-22-13-7-11-9-19(21)5-4-10-6-15(24-3)18(20)16(17(10)19)12(11)8-14(13)23-2;;;/h6-8,15-18,20H,4-5,9H2,1-3H3;3*1H2/t15-,16-,17+,18+,19-;;;/m0.../s1. The van der Waals surface area contributed by atoms with E-state index >= 15 is 0 Å². The normalized spacial score (nSPS) is 32.6. The van der Waals surface area contributed by atoms with Gasteiger partial charge in [0.05, 0.1) is 32.8 Å². The van der Waals surface area contributed by atoms with E-state index in [0.717, 1.165) is 23.1 Å². The molecule has 27 heavy (non-hydrogen) atoms. The van der Waals surface area contributed by atoms with Crippen LogP contribution in [0, 0.1) is 5.21 Å². The molecule has 1 saturated heterocycles. The molecule has 0 amide bonds. The number of aliphatic hydroxyl groups excluding tert-OH is 1. The van der Waals surface area contributed by atoms with Crippen molar-refractivity contribution in [1.29, 1.82) is 0 Å². The van der Waals surface area contributed by atoms with Gasteiger partial charge in [0.2, 0.25) is 0 Å². The lowest BCUT2D eigenvalue weighted by molar-refractivity contribution is -0.907. The number of quaternary nitrogens is 1. The Labute approximate surface area is 157 Å². The molecule has 1 aliphatic carbocycles. The Morgan fingerprint density at radius 2 is 1.70 bits per heavy atom. The number of methoxy groups -OCH3 is 3. The van der Waals surface area contributed by atoms with E-state index in [1.165, 1.54) is 0 Å². The van der Waals surface area contributed by atoms with Crippen LogP contribution in [0.15, 0.2) is 23.8 Å². The fraction of sp³-hybridized carbons (Fsp3) is 0.556. The van der Waals surface area contributed by atoms with Gasteiger partial charge in [0, 0.05) is 19.1 Å². The summed E-state index contributed by atoms with van der Waals surface area (Å²) < 4.78 is 16.0. The van der Waals surface area contributed by atoms with Crippen molar-refractivity contribution in [3.05, 3.63) is 40.1 Å². The third-order valence-corrected chi connectivity index (χ3v) is 5.80. The smallest absolute Gasteiger partial charge is 0.161 e. The maximum Gasteiger partial charge on any atom is 0.161 e. The summed E-state index contributed by atoms with van der Waals surface area (Å²) in [7, 11) is 4.78. The van der Waals surface area contributed by atoms with Crippen LogP contribution in [0.5, 0.6) is 11.5 Å². The van der Waals surface area contributed by atoms with E-state index in [0.29, 0.717) is 24.6 Å². The summed E-state index contributed by atoms with van der Waals surface area (Å²) in [6.07, 6.45) is 1.59. The van der Waals surface area contributed by atoms with Gasteiger partial charge in [-0.3, -0.25) is 0 Å². The van der Waals surface area contributed by atoms with Gasteiger partial charge in [0.1, 0.15) is 18.7 Å². The number of hydrogen-bond donors (Lipinski definition) is 1. The van der Waals surface area contributed by atoms with Crippen LogP contribution in [0.4, 0.5) is 0 Å². The van der Waals surface area contributed by atoms with Crippen LogP contribution >= 0.6 is 0 Å². The molecule has 0 bridgehead atoms. The third kappa shape index (κ3) is 3.21. The SMILES string of the molecule is COc1cc2c(cc1OC)[C@@H]1[C@H](O)[C@@H](OC)C=C3CC[N@+]([O-])(C2)[C@H]31.O.O.O. The topological polar surface area (TPSA) is 165 Å². The van der Waals surface area contributed by atoms with Gasteiger partial charge >= 0.3 is 0 Å². The zero-order valence-electron chi connectivity index (χ0n) is 15.7. The summed E-state index contributed by atoms with van der Waals surface area (Å²) in [5.41, 5.74) is 3.03. The molecule has 1 fully saturated rings. The molecule has 0 radical (unpaired) electrons. The molecule has 4 rings (SSSR count). The summed E-state index contributed by atoms with van der Waals surface area (Å²) in [4.78, 5) is 0. The van der Waals surface area contributed by atoms with Crippen LogP contribution in [0.3, 0.4) is 0 Å². The monoisotopic (exact) mass is 387 g/mol. The molecule has 0 unspecified atom stereocenters. The minimum atomic E-state index is -0.745. The minimum absolute atomic E-state index is 0. The first-order valence-electron chi connectivity index (χ1n) is 8.26. The van der Waals surface area contributed by atoms with E-state index in [-0.39, 0.29) is 39.1 Å². The Balaban J connectivity index is 0.00000121. The highest BCUT2D eigenvalue weighted by Crippen LogP contribution is 2.52. The van der Waals surface area contributed by atoms with Crippen LogP contribution in [0.25, 0.3) is 0 Å². The summed E-state index contributed by atoms with van der Waals surface area (Å²) in [6, 6.07) is 3.57. The summed E-state index contributed by atoms with van der Waals surface area (Å²) in [5.74, 6) is 0.959. The lowest BCUT2D eigenvalue weighted by atomic mass is 9.73. The van der Waals surface area contributed by atoms with Gasteiger partial charge in [0.15, 0.2) is 11.5 Å². The van der Waals surface area contributed by atoms with Gasteiger partial charge in [-0.15, -0.1) is 0 Å². The van der Waals surface area contributed by atoms with Crippen molar-refractivity contribution >= 4 is 0 Å². The van der Waals surface area contributed by atoms with Gasteiger partial charge < -0.3 is 45.6 Å². The molecule has 9 nitrogen and oxygen atoms in total. The van der Waals surface area contributed by atoms with Gasteiger partial charge in [-0.05, 0) is 29.3 Å². The molecular weight excluding hydrogens is 358 g/mol. The average molecular weight is 387 g/mol. The summed E-state index contributed by atoms with van der Waals surface area (Å²) >= 11 is 0. The Kier molecular flexibility index (Phi) is 7.00. The van der Waals surface area contributed by atoms with E-state index in [1.807, 2.05) is 18.2 Å². The Hall–Kier alpha value is -1.72. The highest BCUT2D eigenvalue weighted by atomic mass is 16.6. The van der Waals surface area contributed by atoms with Crippen molar-refractivity contribution in [3.8, 4) is 11.5 Å². The van der Waals surface area contributed by atoms with Crippen LogP contribution in [-0.2, 0) is 11.3 Å². The van der Waals surface area contributed by atoms with Crippen LogP contribution in [0.2, 0.25) is 0 Å². The summed E-state index contributed by atoms with van der Waals surface area (Å²) in [5, 5.41) is 24.3. The first-order chi connectivity index (χ1) is 11.5. The quantitative estimate of drug-likeness (QED) is 0.408. The molecule has 9 heteroatoms. The maximum atomic E-state index is 13.4. The molecule has 0 spiro atoms. The largest absolute Gasteiger partial charge is 0.632 e. The number of hydrogen-bond acceptors (Lipinski definition) is 5. The number of fused-ring (bicyclic) bond motifs is 2. The molecule has 2 heterocycles. The highest BCUT2D eigenvalue weighted by Gasteiger charge is 2.55. The second-order valence-electron chi connectivity index (χ2n) is 6.89. The van der Waals surface area contributed by atoms with Gasteiger partial charge in [-0.25, -0.2) is 0 Å². The zero-order chi connectivity index (χ0) is 17.1. The first-order valence-corrected chi connectivity index (χ1v) is 8.26. The van der Waals surface area contributed by atoms with Crippen LogP contribution in [-0.4, -0.2) is 72.3 Å². The predicted octanol–water partition coefficient (Wildman–Crippen LogP) is -0.770. The first kappa shape index (κ1) is 23.3. The number of aliphatic hydroxyl groups is 1. The van der Waals surface area contributed by atoms with Crippen molar-refractivity contribution in [2.45, 2.75) is 37.1 Å². The number of hydroxylamine groups is 3. The Morgan fingerprint density at radius 1 is 1.07 bits per heavy atom. The fourth-order valence-corrected chi connectivity index (χ4v) is 4.72. The molecule has 2 aliphatic heterocycles. The van der Waals surface area contributed by atoms with Gasteiger partial charge in [-0.2, -0.15) is 0 Å². The molecule has 5 atom stereocenters. The lowest BCUT2D eigenvalue weighted by Crippen LogP contribution is -2.57. The molecule has 0 aromatic heterocycles. The van der Waals surface area contributed by atoms with Crippen molar-refractivity contribution < 1.29 is 40.4 Å². The van der Waals surface area contributed by atoms with E-state index in [9.17, 15) is 10.3 Å². The molecule has 3 aliphatic rings. The Bertz CT molecular complexity index is 709. The second-order valence-corrected chi connectivity index (χ2v) is 6.89. The van der Waals surface area contributed by atoms with E-state index in [2.05, 4.69) is 0 Å². The second kappa shape index (κ2) is 8.11.